The number of imidazole rings is 1. The van der Waals surface area contributed by atoms with Crippen molar-refractivity contribution in [2.75, 3.05) is 0 Å². The van der Waals surface area contributed by atoms with Crippen LogP contribution in [0.25, 0.3) is 15.5 Å². The van der Waals surface area contributed by atoms with E-state index in [1.54, 1.807) is 12.4 Å². The van der Waals surface area contributed by atoms with Gasteiger partial charge in [0.25, 0.3) is 0 Å². The Morgan fingerprint density at radius 2 is 2.38 bits per heavy atom. The zero-order chi connectivity index (χ0) is 11.1. The summed E-state index contributed by atoms with van der Waals surface area (Å²) in [6, 6.07) is 3.82. The summed E-state index contributed by atoms with van der Waals surface area (Å²) in [5, 5.41) is 11.1. The number of carbonyl (C=O) groups is 1. The zero-order valence-corrected chi connectivity index (χ0v) is 9.59. The molecule has 3 rings (SSSR count). The zero-order valence-electron chi connectivity index (χ0n) is 7.95. The van der Waals surface area contributed by atoms with Crippen LogP contribution in [-0.2, 0) is 0 Å². The lowest BCUT2D eigenvalue weighted by Gasteiger charge is -1.97. The van der Waals surface area contributed by atoms with Gasteiger partial charge in [0, 0.05) is 12.4 Å². The van der Waals surface area contributed by atoms with Crippen molar-refractivity contribution >= 4 is 33.6 Å². The van der Waals surface area contributed by atoms with Crippen LogP contribution >= 0.6 is 22.7 Å². The summed E-state index contributed by atoms with van der Waals surface area (Å²) in [6.07, 6.45) is 3.46. The molecule has 0 aromatic carbocycles. The summed E-state index contributed by atoms with van der Waals surface area (Å²) in [5.41, 5.74) is 0.722. The molecule has 4 nitrogen and oxygen atoms in total. The second-order valence-electron chi connectivity index (χ2n) is 3.14. The third-order valence-corrected chi connectivity index (χ3v) is 4.14. The molecule has 0 saturated carbocycles. The van der Waals surface area contributed by atoms with Gasteiger partial charge in [-0.3, -0.25) is 4.40 Å². The Morgan fingerprint density at radius 3 is 3.06 bits per heavy atom. The van der Waals surface area contributed by atoms with E-state index in [0.717, 1.165) is 10.6 Å². The van der Waals surface area contributed by atoms with Crippen LogP contribution < -0.4 is 0 Å². The van der Waals surface area contributed by atoms with Gasteiger partial charge in [-0.1, -0.05) is 17.4 Å². The predicted molar refractivity (Wildman–Crippen MR) is 63.3 cm³/mol. The summed E-state index contributed by atoms with van der Waals surface area (Å²) in [6.45, 7) is 0. The molecule has 16 heavy (non-hydrogen) atoms. The van der Waals surface area contributed by atoms with Crippen molar-refractivity contribution in [2.45, 2.75) is 0 Å². The molecule has 3 heterocycles. The maximum Gasteiger partial charge on any atom is 0.348 e. The Morgan fingerprint density at radius 1 is 1.50 bits per heavy atom. The van der Waals surface area contributed by atoms with E-state index < -0.39 is 5.97 Å². The third-order valence-electron chi connectivity index (χ3n) is 2.20. The Kier molecular flexibility index (Phi) is 2.05. The summed E-state index contributed by atoms with van der Waals surface area (Å²) in [7, 11) is 0. The van der Waals surface area contributed by atoms with Crippen molar-refractivity contribution in [3.8, 4) is 10.6 Å². The minimum atomic E-state index is -0.904. The van der Waals surface area contributed by atoms with Gasteiger partial charge in [0.15, 0.2) is 4.96 Å². The van der Waals surface area contributed by atoms with E-state index in [-0.39, 0.29) is 0 Å². The van der Waals surface area contributed by atoms with Crippen LogP contribution in [0.4, 0.5) is 0 Å². The SMILES string of the molecule is O=C(O)c1sc2nccn2c1-c1cccs1. The second kappa shape index (κ2) is 3.43. The van der Waals surface area contributed by atoms with Crippen LogP contribution in [0.2, 0.25) is 0 Å². The monoisotopic (exact) mass is 250 g/mol. The van der Waals surface area contributed by atoms with Crippen LogP contribution in [0.1, 0.15) is 9.67 Å². The molecule has 0 fully saturated rings. The number of hydrogen-bond acceptors (Lipinski definition) is 4. The fourth-order valence-electron chi connectivity index (χ4n) is 1.57. The van der Waals surface area contributed by atoms with Gasteiger partial charge in [-0.05, 0) is 11.4 Å². The number of thiazole rings is 1. The van der Waals surface area contributed by atoms with Gasteiger partial charge < -0.3 is 5.11 Å². The highest BCUT2D eigenvalue weighted by Gasteiger charge is 2.20. The third kappa shape index (κ3) is 1.27. The van der Waals surface area contributed by atoms with Crippen LogP contribution in [0, 0.1) is 0 Å². The first-order valence-electron chi connectivity index (χ1n) is 4.50. The van der Waals surface area contributed by atoms with Crippen LogP contribution in [0.3, 0.4) is 0 Å². The molecule has 0 atom stereocenters. The molecule has 80 valence electrons. The highest BCUT2D eigenvalue weighted by atomic mass is 32.1. The standard InChI is InChI=1S/C10H6N2O2S2/c13-9(14)8-7(6-2-1-5-15-6)12-4-3-11-10(12)16-8/h1-5H,(H,13,14). The van der Waals surface area contributed by atoms with E-state index in [0.29, 0.717) is 9.84 Å². The van der Waals surface area contributed by atoms with E-state index in [4.69, 9.17) is 5.11 Å². The number of carboxylic acid groups (broad SMARTS) is 1. The highest BCUT2D eigenvalue weighted by molar-refractivity contribution is 7.20. The Bertz CT molecular complexity index is 652. The average molecular weight is 250 g/mol. The Hall–Kier alpha value is -1.66. The van der Waals surface area contributed by atoms with Gasteiger partial charge in [-0.15, -0.1) is 11.3 Å². The molecular weight excluding hydrogens is 244 g/mol. The molecule has 6 heteroatoms. The molecule has 0 aliphatic rings. The summed E-state index contributed by atoms with van der Waals surface area (Å²) in [4.78, 5) is 17.3. The lowest BCUT2D eigenvalue weighted by molar-refractivity contribution is 0.0702. The molecule has 0 spiro atoms. The first-order chi connectivity index (χ1) is 7.77. The quantitative estimate of drug-likeness (QED) is 0.761. The summed E-state index contributed by atoms with van der Waals surface area (Å²) < 4.78 is 1.82. The normalized spacial score (nSPS) is 11.0. The fourth-order valence-corrected chi connectivity index (χ4v) is 3.35. The predicted octanol–water partition coefficient (Wildman–Crippen LogP) is 2.82. The summed E-state index contributed by atoms with van der Waals surface area (Å²) >= 11 is 2.72. The highest BCUT2D eigenvalue weighted by Crippen LogP contribution is 2.33. The van der Waals surface area contributed by atoms with Crippen LogP contribution in [0.15, 0.2) is 29.9 Å². The lowest BCUT2D eigenvalue weighted by atomic mass is 10.3. The number of aromatic nitrogens is 2. The molecular formula is C10H6N2O2S2. The average Bonchev–Trinajstić information content (AvgIpc) is 2.92. The van der Waals surface area contributed by atoms with Gasteiger partial charge in [-0.25, -0.2) is 9.78 Å². The molecule has 0 bridgehead atoms. The molecule has 3 aromatic heterocycles. The van der Waals surface area contributed by atoms with Crippen molar-refractivity contribution in [1.29, 1.82) is 0 Å². The number of hydrogen-bond donors (Lipinski definition) is 1. The Balaban J connectivity index is 2.38. The van der Waals surface area contributed by atoms with Crippen molar-refractivity contribution in [1.82, 2.24) is 9.38 Å². The maximum atomic E-state index is 11.2. The van der Waals surface area contributed by atoms with Crippen LogP contribution in [-0.4, -0.2) is 20.5 Å². The van der Waals surface area contributed by atoms with E-state index in [1.165, 1.54) is 22.7 Å². The van der Waals surface area contributed by atoms with Gasteiger partial charge >= 0.3 is 5.97 Å². The van der Waals surface area contributed by atoms with E-state index in [2.05, 4.69) is 4.98 Å². The number of fused-ring (bicyclic) bond motifs is 1. The lowest BCUT2D eigenvalue weighted by Crippen LogP contribution is -1.96. The van der Waals surface area contributed by atoms with Gasteiger partial charge in [0.2, 0.25) is 0 Å². The number of carboxylic acids is 1. The molecule has 0 saturated heterocycles. The minimum absolute atomic E-state index is 0.338. The largest absolute Gasteiger partial charge is 0.477 e. The van der Waals surface area contributed by atoms with Gasteiger partial charge in [0.05, 0.1) is 10.6 Å². The first kappa shape index (κ1) is 9.56. The first-order valence-corrected chi connectivity index (χ1v) is 6.20. The van der Waals surface area contributed by atoms with Crippen molar-refractivity contribution < 1.29 is 9.90 Å². The Labute approximate surface area is 98.4 Å². The second-order valence-corrected chi connectivity index (χ2v) is 5.07. The molecule has 0 aliphatic heterocycles. The topological polar surface area (TPSA) is 54.6 Å². The number of nitrogens with zero attached hydrogens (tertiary/aromatic N) is 2. The van der Waals surface area contributed by atoms with E-state index in [1.807, 2.05) is 21.9 Å². The molecule has 0 radical (unpaired) electrons. The van der Waals surface area contributed by atoms with Crippen molar-refractivity contribution in [3.63, 3.8) is 0 Å². The smallest absolute Gasteiger partial charge is 0.348 e. The molecule has 0 amide bonds. The number of thiophene rings is 1. The van der Waals surface area contributed by atoms with Gasteiger partial charge in [0.1, 0.15) is 4.88 Å². The number of aromatic carboxylic acids is 1. The molecule has 0 aliphatic carbocycles. The van der Waals surface area contributed by atoms with Gasteiger partial charge in [-0.2, -0.15) is 0 Å². The molecule has 1 N–H and O–H groups in total. The van der Waals surface area contributed by atoms with Crippen LogP contribution in [0.5, 0.6) is 0 Å². The summed E-state index contributed by atoms with van der Waals surface area (Å²) in [5.74, 6) is -0.904. The maximum absolute atomic E-state index is 11.2. The molecule has 3 aromatic rings. The van der Waals surface area contributed by atoms with Crippen molar-refractivity contribution in [2.24, 2.45) is 0 Å². The van der Waals surface area contributed by atoms with E-state index >= 15 is 0 Å². The van der Waals surface area contributed by atoms with Crippen molar-refractivity contribution in [3.05, 3.63) is 34.8 Å². The fraction of sp³-hybridized carbons (Fsp3) is 0. The van der Waals surface area contributed by atoms with E-state index in [9.17, 15) is 4.79 Å². The minimum Gasteiger partial charge on any atom is -0.477 e. The molecule has 0 unspecified atom stereocenters. The number of rotatable bonds is 2.